The molecule has 4 rings (SSSR count). The lowest BCUT2D eigenvalue weighted by Gasteiger charge is -2.22. The lowest BCUT2D eigenvalue weighted by molar-refractivity contribution is 0.103. The van der Waals surface area contributed by atoms with E-state index in [1.54, 1.807) is 0 Å². The van der Waals surface area contributed by atoms with E-state index in [1.165, 1.54) is 42.7 Å². The number of carbonyl (C=O) groups is 1. The minimum absolute atomic E-state index is 0.0833. The number of hydrogen-bond donors (Lipinski definition) is 1. The molecule has 1 aliphatic rings. The monoisotopic (exact) mass is 394 g/mol. The normalized spacial score (nSPS) is 14.9. The van der Waals surface area contributed by atoms with Gasteiger partial charge in [-0.3, -0.25) is 4.79 Å². The summed E-state index contributed by atoms with van der Waals surface area (Å²) in [7, 11) is 0. The van der Waals surface area contributed by atoms with Crippen LogP contribution in [-0.2, 0) is 0 Å². The molecule has 2 aromatic heterocycles. The third-order valence-corrected chi connectivity index (χ3v) is 6.57. The molecule has 5 nitrogen and oxygen atoms in total. The summed E-state index contributed by atoms with van der Waals surface area (Å²) in [5.41, 5.74) is 3.94. The van der Waals surface area contributed by atoms with Gasteiger partial charge in [-0.05, 0) is 63.4 Å². The van der Waals surface area contributed by atoms with Crippen LogP contribution in [0.4, 0.5) is 11.4 Å². The molecule has 0 spiro atoms. The summed E-state index contributed by atoms with van der Waals surface area (Å²) in [5.74, 6) is 0.655. The summed E-state index contributed by atoms with van der Waals surface area (Å²) in [6, 6.07) is 8.21. The summed E-state index contributed by atoms with van der Waals surface area (Å²) >= 11 is 1.44. The van der Waals surface area contributed by atoms with Gasteiger partial charge in [0.15, 0.2) is 0 Å². The largest absolute Gasteiger partial charge is 0.372 e. The highest BCUT2D eigenvalue weighted by Gasteiger charge is 2.19. The first kappa shape index (κ1) is 18.9. The van der Waals surface area contributed by atoms with Gasteiger partial charge in [-0.2, -0.15) is 0 Å². The smallest absolute Gasteiger partial charge is 0.266 e. The molecular formula is C22H26N4OS. The standard InChI is InChI=1S/C22H26N4OS/c1-14-19-15(2)23-16(3)24-22(19)28-20(14)21(27)25-17-8-10-18(11-9-17)26-12-6-4-5-7-13-26/h8-11H,4-7,12-13H2,1-3H3,(H,25,27). The van der Waals surface area contributed by atoms with Crippen molar-refractivity contribution in [3.8, 4) is 0 Å². The van der Waals surface area contributed by atoms with Crippen molar-refractivity contribution in [3.63, 3.8) is 0 Å². The number of benzene rings is 1. The molecule has 0 saturated carbocycles. The summed E-state index contributed by atoms with van der Waals surface area (Å²) in [5, 5.41) is 4.04. The van der Waals surface area contributed by atoms with E-state index in [2.05, 4.69) is 32.3 Å². The van der Waals surface area contributed by atoms with E-state index in [4.69, 9.17) is 0 Å². The van der Waals surface area contributed by atoms with Crippen LogP contribution in [0.2, 0.25) is 0 Å². The van der Waals surface area contributed by atoms with Gasteiger partial charge in [0.05, 0.1) is 4.88 Å². The highest BCUT2D eigenvalue weighted by molar-refractivity contribution is 7.20. The Bertz CT molecular complexity index is 1000. The van der Waals surface area contributed by atoms with Crippen LogP contribution >= 0.6 is 11.3 Å². The number of thiophene rings is 1. The van der Waals surface area contributed by atoms with E-state index in [0.717, 1.165) is 46.1 Å². The van der Waals surface area contributed by atoms with E-state index >= 15 is 0 Å². The number of amides is 1. The van der Waals surface area contributed by atoms with Gasteiger partial charge in [0, 0.05) is 35.5 Å². The highest BCUT2D eigenvalue weighted by atomic mass is 32.1. The Morgan fingerprint density at radius 3 is 2.36 bits per heavy atom. The van der Waals surface area contributed by atoms with Crippen LogP contribution in [0.15, 0.2) is 24.3 Å². The summed E-state index contributed by atoms with van der Waals surface area (Å²) in [6.45, 7) is 8.06. The molecule has 0 radical (unpaired) electrons. The molecule has 1 amide bonds. The zero-order valence-corrected chi connectivity index (χ0v) is 17.5. The molecule has 146 valence electrons. The average molecular weight is 395 g/mol. The fourth-order valence-corrected chi connectivity index (χ4v) is 5.14. The predicted octanol–water partition coefficient (Wildman–Crippen LogP) is 5.25. The fourth-order valence-electron chi connectivity index (χ4n) is 3.96. The average Bonchev–Trinajstić information content (AvgIpc) is 2.84. The Balaban J connectivity index is 1.53. The maximum absolute atomic E-state index is 12.9. The van der Waals surface area contributed by atoms with Crippen LogP contribution in [0, 0.1) is 20.8 Å². The molecule has 3 heterocycles. The zero-order valence-electron chi connectivity index (χ0n) is 16.7. The Morgan fingerprint density at radius 1 is 1.00 bits per heavy atom. The van der Waals surface area contributed by atoms with E-state index in [1.807, 2.05) is 32.9 Å². The maximum atomic E-state index is 12.9. The Morgan fingerprint density at radius 2 is 1.68 bits per heavy atom. The molecule has 1 aliphatic heterocycles. The molecule has 0 atom stereocenters. The van der Waals surface area contributed by atoms with Crippen molar-refractivity contribution in [1.29, 1.82) is 0 Å². The van der Waals surface area contributed by atoms with Crippen LogP contribution in [0.5, 0.6) is 0 Å². The van der Waals surface area contributed by atoms with Gasteiger partial charge in [0.1, 0.15) is 10.7 Å². The number of nitrogens with one attached hydrogen (secondary N) is 1. The molecule has 0 unspecified atom stereocenters. The Hall–Kier alpha value is -2.47. The number of rotatable bonds is 3. The number of nitrogens with zero attached hydrogens (tertiary/aromatic N) is 3. The first-order chi connectivity index (χ1) is 13.5. The molecule has 28 heavy (non-hydrogen) atoms. The number of aryl methyl sites for hydroxylation is 3. The van der Waals surface area contributed by atoms with Crippen molar-refractivity contribution in [2.24, 2.45) is 0 Å². The van der Waals surface area contributed by atoms with Crippen molar-refractivity contribution in [2.75, 3.05) is 23.3 Å². The van der Waals surface area contributed by atoms with Gasteiger partial charge in [-0.25, -0.2) is 9.97 Å². The van der Waals surface area contributed by atoms with E-state index in [0.29, 0.717) is 4.88 Å². The van der Waals surface area contributed by atoms with Gasteiger partial charge in [0.2, 0.25) is 0 Å². The molecule has 1 aromatic carbocycles. The first-order valence-corrected chi connectivity index (χ1v) is 10.8. The third kappa shape index (κ3) is 3.74. The van der Waals surface area contributed by atoms with Crippen LogP contribution in [-0.4, -0.2) is 29.0 Å². The highest BCUT2D eigenvalue weighted by Crippen LogP contribution is 2.32. The molecule has 3 aromatic rings. The first-order valence-electron chi connectivity index (χ1n) is 9.93. The third-order valence-electron chi connectivity index (χ3n) is 5.39. The second kappa shape index (κ2) is 7.87. The molecular weight excluding hydrogens is 368 g/mol. The lowest BCUT2D eigenvalue weighted by Crippen LogP contribution is -2.23. The molecule has 1 N–H and O–H groups in total. The number of anilines is 2. The summed E-state index contributed by atoms with van der Waals surface area (Å²) < 4.78 is 0. The number of aromatic nitrogens is 2. The van der Waals surface area contributed by atoms with Crippen molar-refractivity contribution >= 4 is 38.8 Å². The van der Waals surface area contributed by atoms with Gasteiger partial charge in [-0.15, -0.1) is 11.3 Å². The topological polar surface area (TPSA) is 58.1 Å². The van der Waals surface area contributed by atoms with Crippen LogP contribution < -0.4 is 10.2 Å². The van der Waals surface area contributed by atoms with Crippen molar-refractivity contribution in [3.05, 3.63) is 46.2 Å². The molecule has 0 bridgehead atoms. The predicted molar refractivity (Wildman–Crippen MR) is 117 cm³/mol. The van der Waals surface area contributed by atoms with Gasteiger partial charge in [-0.1, -0.05) is 12.8 Å². The number of hydrogen-bond acceptors (Lipinski definition) is 5. The quantitative estimate of drug-likeness (QED) is 0.659. The van der Waals surface area contributed by atoms with Crippen molar-refractivity contribution in [2.45, 2.75) is 46.5 Å². The maximum Gasteiger partial charge on any atom is 0.266 e. The summed E-state index contributed by atoms with van der Waals surface area (Å²) in [4.78, 5) is 25.8. The number of fused-ring (bicyclic) bond motifs is 1. The Labute approximate surface area is 169 Å². The van der Waals surface area contributed by atoms with Gasteiger partial charge < -0.3 is 10.2 Å². The SMILES string of the molecule is Cc1nc(C)c2c(C)c(C(=O)Nc3ccc(N4CCCCCC4)cc3)sc2n1. The van der Waals surface area contributed by atoms with E-state index in [9.17, 15) is 4.79 Å². The molecule has 1 fully saturated rings. The second-order valence-electron chi connectivity index (χ2n) is 7.49. The fraction of sp³-hybridized carbons (Fsp3) is 0.409. The van der Waals surface area contributed by atoms with Crippen LogP contribution in [0.1, 0.15) is 52.4 Å². The molecule has 6 heteroatoms. The van der Waals surface area contributed by atoms with E-state index in [-0.39, 0.29) is 5.91 Å². The lowest BCUT2D eigenvalue weighted by atomic mass is 10.1. The summed E-state index contributed by atoms with van der Waals surface area (Å²) in [6.07, 6.45) is 5.15. The minimum atomic E-state index is -0.0833. The van der Waals surface area contributed by atoms with Crippen LogP contribution in [0.3, 0.4) is 0 Å². The van der Waals surface area contributed by atoms with Crippen LogP contribution in [0.25, 0.3) is 10.2 Å². The van der Waals surface area contributed by atoms with Gasteiger partial charge >= 0.3 is 0 Å². The van der Waals surface area contributed by atoms with Crippen molar-refractivity contribution in [1.82, 2.24) is 9.97 Å². The second-order valence-corrected chi connectivity index (χ2v) is 8.49. The van der Waals surface area contributed by atoms with E-state index < -0.39 is 0 Å². The Kier molecular flexibility index (Phi) is 5.31. The molecule has 1 saturated heterocycles. The van der Waals surface area contributed by atoms with Crippen molar-refractivity contribution < 1.29 is 4.79 Å². The van der Waals surface area contributed by atoms with Gasteiger partial charge in [0.25, 0.3) is 5.91 Å². The molecule has 0 aliphatic carbocycles. The number of carbonyl (C=O) groups excluding carboxylic acids is 1. The minimum Gasteiger partial charge on any atom is -0.372 e. The zero-order chi connectivity index (χ0) is 19.7.